The second kappa shape index (κ2) is 13.3. The van der Waals surface area contributed by atoms with Crippen LogP contribution in [0.15, 0.2) is 18.3 Å². The summed E-state index contributed by atoms with van der Waals surface area (Å²) in [5.74, 6) is 1.33. The molecule has 2 aromatic heterocycles. The van der Waals surface area contributed by atoms with Gasteiger partial charge in [0.1, 0.15) is 0 Å². The number of hydrogen-bond donors (Lipinski definition) is 2. The van der Waals surface area contributed by atoms with Gasteiger partial charge in [0.15, 0.2) is 0 Å². The Morgan fingerprint density at radius 1 is 0.879 bits per heavy atom. The average Bonchev–Trinajstić information content (AvgIpc) is 3.46. The Kier molecular flexibility index (Phi) is 9.89. The molecule has 2 heterocycles. The maximum Gasteiger partial charge on any atom is 0.0763 e. The molecule has 4 rings (SSSR count). The predicted octanol–water partition coefficient (Wildman–Crippen LogP) is 7.22. The van der Waals surface area contributed by atoms with Crippen LogP contribution in [0.3, 0.4) is 0 Å². The summed E-state index contributed by atoms with van der Waals surface area (Å²) in [5.41, 5.74) is 3.81. The van der Waals surface area contributed by atoms with Crippen molar-refractivity contribution in [2.24, 2.45) is 0 Å². The molecule has 0 saturated heterocycles. The highest BCUT2D eigenvalue weighted by atomic mass is 15.3. The summed E-state index contributed by atoms with van der Waals surface area (Å²) in [4.78, 5) is 0. The molecular weight excluding hydrogens is 406 g/mol. The fraction of sp³-hybridized carbons (Fsp3) is 0.786. The third kappa shape index (κ3) is 7.98. The summed E-state index contributed by atoms with van der Waals surface area (Å²) < 4.78 is 2.14. The average molecular weight is 454 g/mol. The molecule has 0 unspecified atom stereocenters. The van der Waals surface area contributed by atoms with E-state index >= 15 is 0 Å². The molecule has 5 nitrogen and oxygen atoms in total. The van der Waals surface area contributed by atoms with Crippen LogP contribution in [0.4, 0.5) is 0 Å². The highest BCUT2D eigenvalue weighted by Crippen LogP contribution is 2.30. The number of aromatic nitrogens is 4. The zero-order valence-corrected chi connectivity index (χ0v) is 21.0. The van der Waals surface area contributed by atoms with Gasteiger partial charge in [-0.25, -0.2) is 0 Å². The Hall–Kier alpha value is -1.62. The summed E-state index contributed by atoms with van der Waals surface area (Å²) in [6, 6.07) is 4.94. The zero-order valence-electron chi connectivity index (χ0n) is 21.0. The van der Waals surface area contributed by atoms with E-state index in [1.54, 1.807) is 0 Å². The number of nitrogens with zero attached hydrogens (tertiary/aromatic N) is 3. The third-order valence-electron chi connectivity index (χ3n) is 7.97. The van der Waals surface area contributed by atoms with Gasteiger partial charge in [-0.05, 0) is 44.7 Å². The largest absolute Gasteiger partial charge is 0.307 e. The van der Waals surface area contributed by atoms with Crippen LogP contribution in [0.5, 0.6) is 0 Å². The molecule has 2 saturated carbocycles. The first-order chi connectivity index (χ1) is 16.3. The SMILES string of the molecule is C[C@H](Cn1ccc(C2CCCCCCC2)n1)NCc1cc(C2CCCCCCCCC2)[nH]n1. The van der Waals surface area contributed by atoms with E-state index in [0.717, 1.165) is 18.8 Å². The Labute approximate surface area is 201 Å². The second-order valence-electron chi connectivity index (χ2n) is 10.9. The standard InChI is InChI=1S/C28H47N5/c1-23(22-33-19-18-27(32-33)24-14-10-8-5-9-11-15-24)29-21-26-20-28(31-30-26)25-16-12-6-3-2-4-7-13-17-25/h18-20,23-25,29H,2-17,21-22H2,1H3,(H,30,31)/t23-/m1/s1. The quantitative estimate of drug-likeness (QED) is 0.465. The minimum atomic E-state index is 0.365. The van der Waals surface area contributed by atoms with Crippen LogP contribution in [0.2, 0.25) is 0 Å². The number of nitrogens with one attached hydrogen (secondary N) is 2. The smallest absolute Gasteiger partial charge is 0.0763 e. The topological polar surface area (TPSA) is 58.5 Å². The highest BCUT2D eigenvalue weighted by molar-refractivity contribution is 5.13. The van der Waals surface area contributed by atoms with E-state index in [4.69, 9.17) is 5.10 Å². The van der Waals surface area contributed by atoms with Gasteiger partial charge in [0.2, 0.25) is 0 Å². The van der Waals surface area contributed by atoms with Gasteiger partial charge >= 0.3 is 0 Å². The van der Waals surface area contributed by atoms with E-state index < -0.39 is 0 Å². The van der Waals surface area contributed by atoms with Gasteiger partial charge in [-0.1, -0.05) is 77.0 Å². The third-order valence-corrected chi connectivity index (χ3v) is 7.97. The molecule has 33 heavy (non-hydrogen) atoms. The van der Waals surface area contributed by atoms with Crippen molar-refractivity contribution < 1.29 is 0 Å². The van der Waals surface area contributed by atoms with Crippen molar-refractivity contribution in [3.8, 4) is 0 Å². The zero-order chi connectivity index (χ0) is 22.7. The normalized spacial score (nSPS) is 21.4. The lowest BCUT2D eigenvalue weighted by Gasteiger charge is -2.18. The summed E-state index contributed by atoms with van der Waals surface area (Å²) in [6.45, 7) is 3.99. The van der Waals surface area contributed by atoms with Gasteiger partial charge in [-0.3, -0.25) is 9.78 Å². The molecule has 2 fully saturated rings. The van der Waals surface area contributed by atoms with E-state index in [1.807, 2.05) is 0 Å². The minimum absolute atomic E-state index is 0.365. The van der Waals surface area contributed by atoms with Crippen molar-refractivity contribution in [1.82, 2.24) is 25.3 Å². The van der Waals surface area contributed by atoms with Crippen LogP contribution < -0.4 is 5.32 Å². The van der Waals surface area contributed by atoms with Gasteiger partial charge in [-0.15, -0.1) is 0 Å². The molecule has 2 N–H and O–H groups in total. The molecule has 0 aliphatic heterocycles. The molecule has 0 aromatic carbocycles. The first-order valence-electron chi connectivity index (χ1n) is 14.1. The first-order valence-corrected chi connectivity index (χ1v) is 14.1. The molecule has 0 bridgehead atoms. The van der Waals surface area contributed by atoms with Gasteiger partial charge < -0.3 is 5.32 Å². The van der Waals surface area contributed by atoms with Gasteiger partial charge in [-0.2, -0.15) is 10.2 Å². The van der Waals surface area contributed by atoms with Crippen LogP contribution in [0, 0.1) is 0 Å². The molecule has 2 aromatic rings. The van der Waals surface area contributed by atoms with Crippen molar-refractivity contribution in [2.45, 2.75) is 141 Å². The van der Waals surface area contributed by atoms with E-state index in [2.05, 4.69) is 45.4 Å². The Morgan fingerprint density at radius 2 is 1.45 bits per heavy atom. The van der Waals surface area contributed by atoms with Crippen molar-refractivity contribution in [2.75, 3.05) is 0 Å². The maximum atomic E-state index is 4.95. The van der Waals surface area contributed by atoms with Crippen LogP contribution in [-0.2, 0) is 13.1 Å². The van der Waals surface area contributed by atoms with E-state index in [9.17, 15) is 0 Å². The Balaban J connectivity index is 1.23. The maximum absolute atomic E-state index is 4.95. The molecule has 0 spiro atoms. The lowest BCUT2D eigenvalue weighted by molar-refractivity contribution is 0.426. The number of hydrogen-bond acceptors (Lipinski definition) is 3. The predicted molar refractivity (Wildman–Crippen MR) is 136 cm³/mol. The molecule has 5 heteroatoms. The van der Waals surface area contributed by atoms with E-state index in [-0.39, 0.29) is 0 Å². The molecule has 184 valence electrons. The van der Waals surface area contributed by atoms with E-state index in [0.29, 0.717) is 17.9 Å². The van der Waals surface area contributed by atoms with Crippen molar-refractivity contribution in [3.63, 3.8) is 0 Å². The summed E-state index contributed by atoms with van der Waals surface area (Å²) >= 11 is 0. The van der Waals surface area contributed by atoms with Crippen LogP contribution in [-0.4, -0.2) is 26.0 Å². The molecule has 2 aliphatic rings. The molecule has 2 aliphatic carbocycles. The van der Waals surface area contributed by atoms with Gasteiger partial charge in [0.25, 0.3) is 0 Å². The van der Waals surface area contributed by atoms with E-state index in [1.165, 1.54) is 114 Å². The summed E-state index contributed by atoms with van der Waals surface area (Å²) in [7, 11) is 0. The number of aromatic amines is 1. The van der Waals surface area contributed by atoms with Crippen molar-refractivity contribution >= 4 is 0 Å². The Morgan fingerprint density at radius 3 is 2.09 bits per heavy atom. The lowest BCUT2D eigenvalue weighted by Crippen LogP contribution is -2.30. The lowest BCUT2D eigenvalue weighted by atomic mass is 9.89. The monoisotopic (exact) mass is 453 g/mol. The molecule has 0 amide bonds. The van der Waals surface area contributed by atoms with Gasteiger partial charge in [0, 0.05) is 36.3 Å². The number of H-pyrrole nitrogens is 1. The fourth-order valence-corrected chi connectivity index (χ4v) is 5.87. The van der Waals surface area contributed by atoms with Crippen molar-refractivity contribution in [3.05, 3.63) is 35.4 Å². The van der Waals surface area contributed by atoms with Crippen LogP contribution in [0.25, 0.3) is 0 Å². The van der Waals surface area contributed by atoms with Crippen molar-refractivity contribution in [1.29, 1.82) is 0 Å². The minimum Gasteiger partial charge on any atom is -0.307 e. The molecular formula is C28H47N5. The Bertz CT molecular complexity index is 776. The van der Waals surface area contributed by atoms with Crippen LogP contribution in [0.1, 0.15) is 139 Å². The van der Waals surface area contributed by atoms with Gasteiger partial charge in [0.05, 0.1) is 17.9 Å². The first kappa shape index (κ1) is 24.5. The highest BCUT2D eigenvalue weighted by Gasteiger charge is 2.18. The fourth-order valence-electron chi connectivity index (χ4n) is 5.87. The summed E-state index contributed by atoms with van der Waals surface area (Å²) in [5, 5.41) is 16.6. The second-order valence-corrected chi connectivity index (χ2v) is 10.9. The molecule has 1 atom stereocenters. The molecule has 0 radical (unpaired) electrons. The summed E-state index contributed by atoms with van der Waals surface area (Å²) in [6.07, 6.45) is 24.2. The number of rotatable bonds is 7. The van der Waals surface area contributed by atoms with Crippen LogP contribution >= 0.6 is 0 Å².